The molecule has 0 unspecified atom stereocenters. The summed E-state index contributed by atoms with van der Waals surface area (Å²) in [5, 5.41) is 24.4. The Hall–Kier alpha value is -3.81. The second-order valence-corrected chi connectivity index (χ2v) is 8.08. The predicted octanol–water partition coefficient (Wildman–Crippen LogP) is 1.22. The molecular weight excluding hydrogens is 432 g/mol. The van der Waals surface area contributed by atoms with Crippen LogP contribution in [0.15, 0.2) is 67.3 Å². The third-order valence-electron chi connectivity index (χ3n) is 5.73. The molecular formula is C25H24N6O3. The maximum absolute atomic E-state index is 10.6. The number of nitrogens with one attached hydrogen (secondary N) is 1. The maximum atomic E-state index is 10.6. The number of aliphatic hydroxyl groups is 2. The quantitative estimate of drug-likeness (QED) is 0.330. The fourth-order valence-corrected chi connectivity index (χ4v) is 3.97. The molecule has 172 valence electrons. The van der Waals surface area contributed by atoms with Crippen molar-refractivity contribution in [3.05, 3.63) is 83.9 Å². The van der Waals surface area contributed by atoms with Gasteiger partial charge >= 0.3 is 0 Å². The fourth-order valence-electron chi connectivity index (χ4n) is 3.97. The summed E-state index contributed by atoms with van der Waals surface area (Å²) >= 11 is 0. The molecule has 5 rings (SSSR count). The normalized spacial score (nSPS) is 21.9. The molecule has 34 heavy (non-hydrogen) atoms. The number of hydrogen-bond acceptors (Lipinski definition) is 8. The lowest BCUT2D eigenvalue weighted by atomic mass is 10.1. The van der Waals surface area contributed by atoms with Gasteiger partial charge in [0.15, 0.2) is 17.7 Å². The van der Waals surface area contributed by atoms with Crippen LogP contribution >= 0.6 is 0 Å². The average molecular weight is 457 g/mol. The maximum Gasteiger partial charge on any atom is 0.167 e. The van der Waals surface area contributed by atoms with Gasteiger partial charge in [0.25, 0.3) is 0 Å². The van der Waals surface area contributed by atoms with Crippen LogP contribution in [-0.2, 0) is 11.3 Å². The lowest BCUT2D eigenvalue weighted by Crippen LogP contribution is -2.37. The molecule has 9 heteroatoms. The highest BCUT2D eigenvalue weighted by molar-refractivity contribution is 5.81. The van der Waals surface area contributed by atoms with E-state index >= 15 is 0 Å². The molecule has 0 saturated carbocycles. The van der Waals surface area contributed by atoms with Gasteiger partial charge in [0.05, 0.1) is 6.33 Å². The molecule has 0 spiro atoms. The zero-order chi connectivity index (χ0) is 23.5. The monoisotopic (exact) mass is 456 g/mol. The second kappa shape index (κ2) is 9.59. The van der Waals surface area contributed by atoms with E-state index in [0.717, 1.165) is 16.7 Å². The van der Waals surface area contributed by atoms with E-state index in [-0.39, 0.29) is 5.82 Å². The van der Waals surface area contributed by atoms with Gasteiger partial charge in [-0.05, 0) is 29.8 Å². The van der Waals surface area contributed by atoms with Crippen molar-refractivity contribution >= 4 is 17.0 Å². The highest BCUT2D eigenvalue weighted by Gasteiger charge is 2.44. The first-order valence-corrected chi connectivity index (χ1v) is 10.9. The third-order valence-corrected chi connectivity index (χ3v) is 5.73. The molecule has 5 N–H and O–H groups in total. The second-order valence-electron chi connectivity index (χ2n) is 8.08. The number of hydrogen-bond donors (Lipinski definition) is 4. The van der Waals surface area contributed by atoms with Gasteiger partial charge in [-0.15, -0.1) is 0 Å². The van der Waals surface area contributed by atoms with Crippen LogP contribution in [0.5, 0.6) is 0 Å². The summed E-state index contributed by atoms with van der Waals surface area (Å²) in [7, 11) is 0. The molecule has 9 nitrogen and oxygen atoms in total. The molecule has 1 aliphatic rings. The van der Waals surface area contributed by atoms with E-state index in [2.05, 4.69) is 32.1 Å². The summed E-state index contributed by atoms with van der Waals surface area (Å²) < 4.78 is 7.53. The number of nitrogens with two attached hydrogens (primary N) is 1. The van der Waals surface area contributed by atoms with E-state index in [1.807, 2.05) is 54.6 Å². The number of rotatable bonds is 5. The van der Waals surface area contributed by atoms with Crippen LogP contribution in [0.1, 0.15) is 22.9 Å². The van der Waals surface area contributed by atoms with Gasteiger partial charge in [0, 0.05) is 24.2 Å². The van der Waals surface area contributed by atoms with Crippen LogP contribution in [0, 0.1) is 11.8 Å². The van der Waals surface area contributed by atoms with Crippen LogP contribution in [0.25, 0.3) is 11.2 Å². The predicted molar refractivity (Wildman–Crippen MR) is 126 cm³/mol. The van der Waals surface area contributed by atoms with E-state index in [1.54, 1.807) is 4.57 Å². The molecule has 0 bridgehead atoms. The minimum Gasteiger partial charge on any atom is -0.387 e. The molecule has 2 aromatic carbocycles. The van der Waals surface area contributed by atoms with Gasteiger partial charge < -0.3 is 26.0 Å². The molecule has 0 aliphatic carbocycles. The smallest absolute Gasteiger partial charge is 0.167 e. The van der Waals surface area contributed by atoms with E-state index in [0.29, 0.717) is 24.3 Å². The van der Waals surface area contributed by atoms with Crippen molar-refractivity contribution in [2.24, 2.45) is 0 Å². The Morgan fingerprint density at radius 1 is 0.971 bits per heavy atom. The fraction of sp³-hybridized carbons (Fsp3) is 0.240. The summed E-state index contributed by atoms with van der Waals surface area (Å²) in [4.78, 5) is 12.3. The molecule has 1 fully saturated rings. The van der Waals surface area contributed by atoms with Crippen molar-refractivity contribution < 1.29 is 14.9 Å². The first-order chi connectivity index (χ1) is 16.6. The standard InChI is InChI=1S/C25H24N6O3/c26-23-20-24(29-14-28-23)31(15-30-20)25-22(33)21(32)19(34-25)13-27-12-18-8-4-7-17(11-18)10-9-16-5-2-1-3-6-16/h1-8,11,14-15,19,21-22,25,27,32-33H,12-13H2,(H2,26,28,29)/t19-,21-,22-,25-/m1/s1. The van der Waals surface area contributed by atoms with Crippen molar-refractivity contribution in [2.45, 2.75) is 31.1 Å². The lowest BCUT2D eigenvalue weighted by molar-refractivity contribution is -0.0342. The van der Waals surface area contributed by atoms with Gasteiger partial charge in [-0.1, -0.05) is 42.2 Å². The molecule has 3 heterocycles. The molecule has 0 amide bonds. The average Bonchev–Trinajstić information content (AvgIpc) is 3.41. The molecule has 4 atom stereocenters. The Morgan fingerprint density at radius 2 is 1.76 bits per heavy atom. The summed E-state index contributed by atoms with van der Waals surface area (Å²) in [6.07, 6.45) is -0.858. The summed E-state index contributed by atoms with van der Waals surface area (Å²) in [6.45, 7) is 0.907. The van der Waals surface area contributed by atoms with Gasteiger partial charge in [-0.25, -0.2) is 15.0 Å². The largest absolute Gasteiger partial charge is 0.387 e. The van der Waals surface area contributed by atoms with Crippen molar-refractivity contribution in [3.8, 4) is 11.8 Å². The summed E-state index contributed by atoms with van der Waals surface area (Å²) in [5.41, 5.74) is 9.63. The molecule has 1 saturated heterocycles. The first kappa shape index (κ1) is 22.0. The first-order valence-electron chi connectivity index (χ1n) is 10.9. The Balaban J connectivity index is 1.21. The molecule has 1 aliphatic heterocycles. The van der Waals surface area contributed by atoms with Crippen LogP contribution in [0.3, 0.4) is 0 Å². The number of nitrogen functional groups attached to an aromatic ring is 1. The summed E-state index contributed by atoms with van der Waals surface area (Å²) in [5.74, 6) is 6.58. The Kier molecular flexibility index (Phi) is 6.20. The van der Waals surface area contributed by atoms with Crippen molar-refractivity contribution in [3.63, 3.8) is 0 Å². The SMILES string of the molecule is Nc1ncnc2c1ncn2[C@@H]1O[C@H](CNCc2cccc(C#Cc3ccccc3)c2)[C@@H](O)[C@H]1O. The zero-order valence-electron chi connectivity index (χ0n) is 18.2. The molecule has 2 aromatic heterocycles. The highest BCUT2D eigenvalue weighted by Crippen LogP contribution is 2.31. The van der Waals surface area contributed by atoms with E-state index in [4.69, 9.17) is 10.5 Å². The molecule has 4 aromatic rings. The number of aliphatic hydroxyl groups excluding tert-OH is 2. The number of anilines is 1. The van der Waals surface area contributed by atoms with Gasteiger partial charge in [0.2, 0.25) is 0 Å². The molecule has 0 radical (unpaired) electrons. The minimum absolute atomic E-state index is 0.241. The van der Waals surface area contributed by atoms with Gasteiger partial charge in [0.1, 0.15) is 30.2 Å². The minimum atomic E-state index is -1.14. The van der Waals surface area contributed by atoms with Crippen LogP contribution in [0.2, 0.25) is 0 Å². The van der Waals surface area contributed by atoms with Crippen molar-refractivity contribution in [2.75, 3.05) is 12.3 Å². The van der Waals surface area contributed by atoms with Crippen LogP contribution < -0.4 is 11.1 Å². The van der Waals surface area contributed by atoms with Crippen LogP contribution in [0.4, 0.5) is 5.82 Å². The van der Waals surface area contributed by atoms with Crippen molar-refractivity contribution in [1.29, 1.82) is 0 Å². The van der Waals surface area contributed by atoms with E-state index in [1.165, 1.54) is 12.7 Å². The Labute approximate surface area is 196 Å². The van der Waals surface area contributed by atoms with Crippen LogP contribution in [-0.4, -0.2) is 54.6 Å². The number of aromatic nitrogens is 4. The lowest BCUT2D eigenvalue weighted by Gasteiger charge is -2.16. The Bertz CT molecular complexity index is 1350. The van der Waals surface area contributed by atoms with E-state index < -0.39 is 24.5 Å². The number of nitrogens with zero attached hydrogens (tertiary/aromatic N) is 4. The Morgan fingerprint density at radius 3 is 2.62 bits per heavy atom. The third kappa shape index (κ3) is 4.48. The van der Waals surface area contributed by atoms with Gasteiger partial charge in [-0.3, -0.25) is 4.57 Å². The van der Waals surface area contributed by atoms with Crippen molar-refractivity contribution in [1.82, 2.24) is 24.8 Å². The summed E-state index contributed by atoms with van der Waals surface area (Å²) in [6, 6.07) is 17.8. The number of imidazole rings is 1. The number of ether oxygens (including phenoxy) is 1. The van der Waals surface area contributed by atoms with E-state index in [9.17, 15) is 10.2 Å². The number of fused-ring (bicyclic) bond motifs is 1. The number of benzene rings is 2. The zero-order valence-corrected chi connectivity index (χ0v) is 18.2. The topological polar surface area (TPSA) is 131 Å². The highest BCUT2D eigenvalue weighted by atomic mass is 16.6. The van der Waals surface area contributed by atoms with Gasteiger partial charge in [-0.2, -0.15) is 0 Å².